The van der Waals surface area contributed by atoms with Gasteiger partial charge in [0.1, 0.15) is 16.4 Å². The summed E-state index contributed by atoms with van der Waals surface area (Å²) in [5.74, 6) is 1.10. The molecule has 3 heterocycles. The van der Waals surface area contributed by atoms with Crippen LogP contribution >= 0.6 is 15.9 Å². The molecule has 0 atom stereocenters. The molecule has 32 heavy (non-hydrogen) atoms. The zero-order chi connectivity index (χ0) is 22.2. The van der Waals surface area contributed by atoms with E-state index < -0.39 is 6.03 Å². The number of anilines is 3. The molecule has 5 N–H and O–H groups in total. The van der Waals surface area contributed by atoms with E-state index in [4.69, 9.17) is 5.73 Å². The number of nitrogens with two attached hydrogens (primary N) is 1. The van der Waals surface area contributed by atoms with Crippen molar-refractivity contribution in [1.82, 2.24) is 24.8 Å². The van der Waals surface area contributed by atoms with Crippen LogP contribution in [0, 0.1) is 5.92 Å². The predicted octanol–water partition coefficient (Wildman–Crippen LogP) is 3.62. The second kappa shape index (κ2) is 8.08. The lowest BCUT2D eigenvalue weighted by Crippen LogP contribution is -2.19. The zero-order valence-electron chi connectivity index (χ0n) is 16.8. The molecule has 0 bridgehead atoms. The normalized spacial score (nSPS) is 13.3. The van der Waals surface area contributed by atoms with E-state index >= 15 is 0 Å². The highest BCUT2D eigenvalue weighted by atomic mass is 79.9. The Morgan fingerprint density at radius 2 is 2.06 bits per heavy atom. The SMILES string of the molecule is Nc1ncnn2c(Br)cc(C(=O)c3cccc(NC(=O)Nc4cc(CC5CC5)[nH]n4)c3)c12. The average Bonchev–Trinajstić information content (AvgIpc) is 3.37. The number of carbonyl (C=O) groups excluding carboxylic acids is 2. The lowest BCUT2D eigenvalue weighted by Gasteiger charge is -2.07. The standard InChI is InChI=1S/C21H19BrN8O2/c22-16-9-15(18-20(23)24-10-25-30(16)18)19(31)12-2-1-3-13(7-12)26-21(32)27-17-8-14(28-29-17)6-11-4-5-11/h1-3,7-11H,4-6H2,(H2,23,24,25)(H3,26,27,28,29,32). The number of hydrogen-bond donors (Lipinski definition) is 4. The van der Waals surface area contributed by atoms with Crippen LogP contribution in [0.4, 0.5) is 22.1 Å². The second-order valence-electron chi connectivity index (χ2n) is 7.70. The summed E-state index contributed by atoms with van der Waals surface area (Å²) in [6.07, 6.45) is 4.75. The van der Waals surface area contributed by atoms with Crippen molar-refractivity contribution in [1.29, 1.82) is 0 Å². The first-order valence-corrected chi connectivity index (χ1v) is 10.8. The number of rotatable bonds is 6. The van der Waals surface area contributed by atoms with E-state index in [-0.39, 0.29) is 11.6 Å². The van der Waals surface area contributed by atoms with Gasteiger partial charge in [-0.05, 0) is 59.3 Å². The molecule has 0 aliphatic heterocycles. The lowest BCUT2D eigenvalue weighted by molar-refractivity contribution is 0.104. The summed E-state index contributed by atoms with van der Waals surface area (Å²) >= 11 is 3.38. The van der Waals surface area contributed by atoms with Crippen molar-refractivity contribution in [2.24, 2.45) is 5.92 Å². The number of H-pyrrole nitrogens is 1. The summed E-state index contributed by atoms with van der Waals surface area (Å²) < 4.78 is 2.09. The molecule has 3 aromatic heterocycles. The van der Waals surface area contributed by atoms with Crippen molar-refractivity contribution < 1.29 is 9.59 Å². The Balaban J connectivity index is 1.32. The van der Waals surface area contributed by atoms with Crippen molar-refractivity contribution in [2.75, 3.05) is 16.4 Å². The van der Waals surface area contributed by atoms with Gasteiger partial charge in [-0.3, -0.25) is 15.2 Å². The maximum atomic E-state index is 13.2. The third kappa shape index (κ3) is 4.06. The monoisotopic (exact) mass is 494 g/mol. The first-order chi connectivity index (χ1) is 15.5. The van der Waals surface area contributed by atoms with E-state index in [0.717, 1.165) is 18.0 Å². The Hall–Kier alpha value is -3.73. The van der Waals surface area contributed by atoms with Gasteiger partial charge in [0.05, 0.1) is 5.56 Å². The van der Waals surface area contributed by atoms with E-state index in [2.05, 4.69) is 46.8 Å². The third-order valence-corrected chi connectivity index (χ3v) is 5.81. The van der Waals surface area contributed by atoms with E-state index in [1.54, 1.807) is 30.3 Å². The van der Waals surface area contributed by atoms with Gasteiger partial charge in [0.2, 0.25) is 0 Å². The van der Waals surface area contributed by atoms with Crippen molar-refractivity contribution >= 4 is 50.6 Å². The first kappa shape index (κ1) is 20.2. The maximum absolute atomic E-state index is 13.2. The number of ketones is 1. The third-order valence-electron chi connectivity index (χ3n) is 5.24. The lowest BCUT2D eigenvalue weighted by atomic mass is 10.0. The van der Waals surface area contributed by atoms with Crippen LogP contribution < -0.4 is 16.4 Å². The molecule has 4 aromatic rings. The molecule has 1 fully saturated rings. The number of amides is 2. The molecule has 0 unspecified atom stereocenters. The van der Waals surface area contributed by atoms with Gasteiger partial charge in [0.25, 0.3) is 0 Å². The summed E-state index contributed by atoms with van der Waals surface area (Å²) in [5, 5.41) is 16.6. The fourth-order valence-electron chi connectivity index (χ4n) is 3.54. The molecule has 0 saturated heterocycles. The van der Waals surface area contributed by atoms with Gasteiger partial charge in [-0.1, -0.05) is 12.1 Å². The number of benzene rings is 1. The molecule has 5 rings (SSSR count). The number of aromatic amines is 1. The van der Waals surface area contributed by atoms with Gasteiger partial charge < -0.3 is 11.1 Å². The van der Waals surface area contributed by atoms with Crippen LogP contribution in [-0.2, 0) is 6.42 Å². The zero-order valence-corrected chi connectivity index (χ0v) is 18.4. The fraction of sp³-hybridized carbons (Fsp3) is 0.190. The van der Waals surface area contributed by atoms with Crippen molar-refractivity contribution in [3.63, 3.8) is 0 Å². The topological polar surface area (TPSA) is 143 Å². The average molecular weight is 495 g/mol. The minimum atomic E-state index is -0.450. The van der Waals surface area contributed by atoms with Gasteiger partial charge in [0, 0.05) is 23.0 Å². The molecule has 1 aromatic carbocycles. The number of nitrogens with one attached hydrogen (secondary N) is 3. The quantitative estimate of drug-likeness (QED) is 0.301. The summed E-state index contributed by atoms with van der Waals surface area (Å²) in [4.78, 5) is 29.5. The molecule has 11 heteroatoms. The smallest absolute Gasteiger partial charge is 0.324 e. The van der Waals surface area contributed by atoms with Crippen LogP contribution in [0.25, 0.3) is 5.52 Å². The first-order valence-electron chi connectivity index (χ1n) is 10.0. The Morgan fingerprint density at radius 3 is 2.88 bits per heavy atom. The largest absolute Gasteiger partial charge is 0.382 e. The Morgan fingerprint density at radius 1 is 1.22 bits per heavy atom. The van der Waals surface area contributed by atoms with Gasteiger partial charge in [-0.2, -0.15) is 10.2 Å². The van der Waals surface area contributed by atoms with Crippen molar-refractivity contribution in [3.8, 4) is 0 Å². The molecule has 1 saturated carbocycles. The molecular formula is C21H19BrN8O2. The molecule has 10 nitrogen and oxygen atoms in total. The van der Waals surface area contributed by atoms with E-state index in [1.165, 1.54) is 23.7 Å². The molecule has 2 amide bonds. The van der Waals surface area contributed by atoms with Crippen molar-refractivity contribution in [3.05, 3.63) is 64.1 Å². The van der Waals surface area contributed by atoms with Gasteiger partial charge >= 0.3 is 6.03 Å². The molecule has 1 aliphatic carbocycles. The number of hydrogen-bond acceptors (Lipinski definition) is 6. The van der Waals surface area contributed by atoms with Crippen LogP contribution in [-0.4, -0.2) is 36.6 Å². The Kier molecular flexibility index (Phi) is 5.10. The highest BCUT2D eigenvalue weighted by Gasteiger charge is 2.23. The summed E-state index contributed by atoms with van der Waals surface area (Å²) in [6.45, 7) is 0. The number of nitrogens with zero attached hydrogens (tertiary/aromatic N) is 4. The van der Waals surface area contributed by atoms with Gasteiger partial charge in [-0.15, -0.1) is 0 Å². The van der Waals surface area contributed by atoms with Crippen LogP contribution in [0.2, 0.25) is 0 Å². The van der Waals surface area contributed by atoms with E-state index in [0.29, 0.717) is 32.8 Å². The molecule has 0 radical (unpaired) electrons. The second-order valence-corrected chi connectivity index (χ2v) is 8.51. The number of aromatic nitrogens is 5. The molecule has 0 spiro atoms. The number of fused-ring (bicyclic) bond motifs is 1. The Bertz CT molecular complexity index is 1340. The highest BCUT2D eigenvalue weighted by molar-refractivity contribution is 9.10. The van der Waals surface area contributed by atoms with Crippen molar-refractivity contribution in [2.45, 2.75) is 19.3 Å². The van der Waals surface area contributed by atoms with Gasteiger partial charge in [0.15, 0.2) is 17.4 Å². The van der Waals surface area contributed by atoms with Gasteiger partial charge in [-0.25, -0.2) is 14.3 Å². The summed E-state index contributed by atoms with van der Waals surface area (Å²) in [5.41, 5.74) is 8.60. The highest BCUT2D eigenvalue weighted by Crippen LogP contribution is 2.32. The van der Waals surface area contributed by atoms with E-state index in [1.807, 2.05) is 6.07 Å². The van der Waals surface area contributed by atoms with Crippen LogP contribution in [0.3, 0.4) is 0 Å². The minimum absolute atomic E-state index is 0.197. The van der Waals surface area contributed by atoms with Crippen LogP contribution in [0.1, 0.15) is 34.5 Å². The van der Waals surface area contributed by atoms with Crippen LogP contribution in [0.5, 0.6) is 0 Å². The molecule has 162 valence electrons. The summed E-state index contributed by atoms with van der Waals surface area (Å²) in [6, 6.07) is 9.69. The van der Waals surface area contributed by atoms with E-state index in [9.17, 15) is 9.59 Å². The molecular weight excluding hydrogens is 476 g/mol. The number of nitrogen functional groups attached to an aromatic ring is 1. The molecule has 1 aliphatic rings. The Labute approximate surface area is 190 Å². The number of carbonyl (C=O) groups is 2. The number of urea groups is 1. The fourth-order valence-corrected chi connectivity index (χ4v) is 4.04. The maximum Gasteiger partial charge on any atom is 0.324 e. The number of halogens is 1. The van der Waals surface area contributed by atoms with Crippen LogP contribution in [0.15, 0.2) is 47.3 Å². The summed E-state index contributed by atoms with van der Waals surface area (Å²) in [7, 11) is 0. The predicted molar refractivity (Wildman–Crippen MR) is 123 cm³/mol. The minimum Gasteiger partial charge on any atom is -0.382 e.